The molecule has 1 aromatic heterocycles. The van der Waals surface area contributed by atoms with Gasteiger partial charge in [0.2, 0.25) is 5.95 Å². The molecule has 1 aromatic carbocycles. The highest BCUT2D eigenvalue weighted by Gasteiger charge is 2.37. The second-order valence-corrected chi connectivity index (χ2v) is 7.03. The van der Waals surface area contributed by atoms with Crippen LogP contribution in [0.1, 0.15) is 30.1 Å². The van der Waals surface area contributed by atoms with Gasteiger partial charge in [0.05, 0.1) is 6.04 Å². The summed E-state index contributed by atoms with van der Waals surface area (Å²) in [6.45, 7) is 1.50. The van der Waals surface area contributed by atoms with Crippen LogP contribution in [0.4, 0.5) is 24.9 Å². The third kappa shape index (κ3) is 3.41. The van der Waals surface area contributed by atoms with Gasteiger partial charge in [-0.1, -0.05) is 12.1 Å². The summed E-state index contributed by atoms with van der Waals surface area (Å²) in [6.07, 6.45) is -2.94. The van der Waals surface area contributed by atoms with Crippen molar-refractivity contribution in [2.75, 3.05) is 43.7 Å². The van der Waals surface area contributed by atoms with E-state index in [0.717, 1.165) is 24.5 Å². The summed E-state index contributed by atoms with van der Waals surface area (Å²) in [5.74, 6) is 1.62. The maximum Gasteiger partial charge on any atom is 0.433 e. The smallest absolute Gasteiger partial charge is 0.433 e. The fourth-order valence-corrected chi connectivity index (χ4v) is 3.61. The zero-order chi connectivity index (χ0) is 19.9. The van der Waals surface area contributed by atoms with Gasteiger partial charge in [-0.15, -0.1) is 0 Å². The third-order valence-electron chi connectivity index (χ3n) is 4.91. The maximum atomic E-state index is 13.4. The lowest BCUT2D eigenvalue weighted by Gasteiger charge is -2.29. The molecule has 28 heavy (non-hydrogen) atoms. The highest BCUT2D eigenvalue weighted by atomic mass is 19.4. The summed E-state index contributed by atoms with van der Waals surface area (Å²) in [7, 11) is 3.32. The molecular weight excluding hydrogens is 373 g/mol. The molecule has 0 bridgehead atoms. The first-order chi connectivity index (χ1) is 13.3. The quantitative estimate of drug-likeness (QED) is 0.792. The van der Waals surface area contributed by atoms with Crippen molar-refractivity contribution in [2.45, 2.75) is 25.1 Å². The van der Waals surface area contributed by atoms with Gasteiger partial charge < -0.3 is 19.3 Å². The molecule has 2 aliphatic rings. The molecule has 0 saturated carbocycles. The van der Waals surface area contributed by atoms with Crippen molar-refractivity contribution in [3.8, 4) is 11.5 Å². The van der Waals surface area contributed by atoms with E-state index in [1.54, 1.807) is 19.0 Å². The summed E-state index contributed by atoms with van der Waals surface area (Å²) >= 11 is 0. The molecule has 0 amide bonds. The van der Waals surface area contributed by atoms with Crippen molar-refractivity contribution in [3.05, 3.63) is 35.5 Å². The Morgan fingerprint density at radius 1 is 1.14 bits per heavy atom. The molecule has 4 rings (SSSR count). The number of fused-ring (bicyclic) bond motifs is 1. The number of hydrogen-bond acceptors (Lipinski definition) is 6. The van der Waals surface area contributed by atoms with Gasteiger partial charge in [0, 0.05) is 32.3 Å². The summed E-state index contributed by atoms with van der Waals surface area (Å²) in [4.78, 5) is 11.6. The van der Waals surface area contributed by atoms with Crippen LogP contribution in [0.5, 0.6) is 11.5 Å². The predicted molar refractivity (Wildman–Crippen MR) is 98.1 cm³/mol. The van der Waals surface area contributed by atoms with Crippen LogP contribution < -0.4 is 19.3 Å². The van der Waals surface area contributed by atoms with Crippen molar-refractivity contribution in [1.29, 1.82) is 0 Å². The van der Waals surface area contributed by atoms with Crippen molar-refractivity contribution in [2.24, 2.45) is 0 Å². The number of halogens is 3. The lowest BCUT2D eigenvalue weighted by atomic mass is 10.0. The SMILES string of the molecule is CN(C)c1cc(C(F)(F)F)nc(N2CCCC2c2cccc3c2OCCO3)n1. The van der Waals surface area contributed by atoms with Gasteiger partial charge in [-0.25, -0.2) is 4.98 Å². The topological polar surface area (TPSA) is 50.7 Å². The van der Waals surface area contributed by atoms with Crippen LogP contribution in [0.3, 0.4) is 0 Å². The molecule has 0 radical (unpaired) electrons. The predicted octanol–water partition coefficient (Wildman–Crippen LogP) is 3.67. The van der Waals surface area contributed by atoms with E-state index in [-0.39, 0.29) is 17.8 Å². The lowest BCUT2D eigenvalue weighted by Crippen LogP contribution is -2.28. The normalized spacial score (nSPS) is 19.0. The van der Waals surface area contributed by atoms with Gasteiger partial charge >= 0.3 is 6.18 Å². The van der Waals surface area contributed by atoms with Crippen molar-refractivity contribution in [1.82, 2.24) is 9.97 Å². The second kappa shape index (κ2) is 7.03. The Kier molecular flexibility index (Phi) is 4.68. The van der Waals surface area contributed by atoms with Crippen LogP contribution in [-0.4, -0.2) is 43.8 Å². The number of aromatic nitrogens is 2. The van der Waals surface area contributed by atoms with Gasteiger partial charge in [0.1, 0.15) is 19.0 Å². The first kappa shape index (κ1) is 18.6. The average Bonchev–Trinajstić information content (AvgIpc) is 3.16. The Balaban J connectivity index is 1.76. The number of hydrogen-bond donors (Lipinski definition) is 0. The molecule has 0 aliphatic carbocycles. The molecule has 2 aliphatic heterocycles. The second-order valence-electron chi connectivity index (χ2n) is 7.03. The first-order valence-corrected chi connectivity index (χ1v) is 9.13. The van der Waals surface area contributed by atoms with Crippen LogP contribution in [0, 0.1) is 0 Å². The van der Waals surface area contributed by atoms with Crippen molar-refractivity contribution < 1.29 is 22.6 Å². The molecule has 2 aromatic rings. The highest BCUT2D eigenvalue weighted by Crippen LogP contribution is 2.44. The Labute approximate surface area is 160 Å². The van der Waals surface area contributed by atoms with Crippen LogP contribution in [0.25, 0.3) is 0 Å². The standard InChI is InChI=1S/C19H21F3N4O2/c1-25(2)16-11-15(19(20,21)22)23-18(24-16)26-8-4-6-13(26)12-5-3-7-14-17(12)28-10-9-27-14/h3,5,7,11,13H,4,6,8-10H2,1-2H3. The number of para-hydroxylation sites is 1. The van der Waals surface area contributed by atoms with Crippen LogP contribution >= 0.6 is 0 Å². The summed E-state index contributed by atoms with van der Waals surface area (Å²) in [6, 6.07) is 6.43. The molecule has 0 N–H and O–H groups in total. The third-order valence-corrected chi connectivity index (χ3v) is 4.91. The van der Waals surface area contributed by atoms with Gasteiger partial charge in [-0.3, -0.25) is 0 Å². The fourth-order valence-electron chi connectivity index (χ4n) is 3.61. The Morgan fingerprint density at radius 2 is 1.93 bits per heavy atom. The van der Waals surface area contributed by atoms with Crippen molar-refractivity contribution >= 4 is 11.8 Å². The Hall–Kier alpha value is -2.71. The molecular formula is C19H21F3N4O2. The van der Waals surface area contributed by atoms with Gasteiger partial charge in [-0.2, -0.15) is 18.2 Å². The monoisotopic (exact) mass is 394 g/mol. The molecule has 1 unspecified atom stereocenters. The molecule has 1 atom stereocenters. The molecule has 0 spiro atoms. The number of rotatable bonds is 3. The van der Waals surface area contributed by atoms with E-state index in [9.17, 15) is 13.2 Å². The van der Waals surface area contributed by atoms with Crippen molar-refractivity contribution in [3.63, 3.8) is 0 Å². The number of benzene rings is 1. The van der Waals surface area contributed by atoms with E-state index < -0.39 is 11.9 Å². The van der Waals surface area contributed by atoms with Gasteiger partial charge in [0.15, 0.2) is 17.2 Å². The van der Waals surface area contributed by atoms with Crippen LogP contribution in [0.2, 0.25) is 0 Å². The molecule has 3 heterocycles. The molecule has 150 valence electrons. The minimum Gasteiger partial charge on any atom is -0.486 e. The molecule has 1 fully saturated rings. The zero-order valence-electron chi connectivity index (χ0n) is 15.7. The average molecular weight is 394 g/mol. The fraction of sp³-hybridized carbons (Fsp3) is 0.474. The van der Waals surface area contributed by atoms with E-state index in [0.29, 0.717) is 31.3 Å². The van der Waals surface area contributed by atoms with E-state index in [4.69, 9.17) is 9.47 Å². The number of ether oxygens (including phenoxy) is 2. The van der Waals surface area contributed by atoms with Gasteiger partial charge in [0.25, 0.3) is 0 Å². The number of anilines is 2. The van der Waals surface area contributed by atoms with E-state index >= 15 is 0 Å². The Bertz CT molecular complexity index is 873. The Morgan fingerprint density at radius 3 is 2.68 bits per heavy atom. The van der Waals surface area contributed by atoms with Crippen LogP contribution in [0.15, 0.2) is 24.3 Å². The van der Waals surface area contributed by atoms with E-state index in [2.05, 4.69) is 9.97 Å². The van der Waals surface area contributed by atoms with Crippen LogP contribution in [-0.2, 0) is 6.18 Å². The van der Waals surface area contributed by atoms with E-state index in [1.807, 2.05) is 23.1 Å². The largest absolute Gasteiger partial charge is 0.486 e. The minimum atomic E-state index is -4.54. The number of alkyl halides is 3. The lowest BCUT2D eigenvalue weighted by molar-refractivity contribution is -0.141. The molecule has 6 nitrogen and oxygen atoms in total. The van der Waals surface area contributed by atoms with Gasteiger partial charge in [-0.05, 0) is 18.9 Å². The minimum absolute atomic E-state index is 0.0790. The summed E-state index contributed by atoms with van der Waals surface area (Å²) in [5.41, 5.74) is -0.0522. The maximum absolute atomic E-state index is 13.4. The number of nitrogens with zero attached hydrogens (tertiary/aromatic N) is 4. The van der Waals surface area contributed by atoms with E-state index in [1.165, 1.54) is 0 Å². The summed E-state index contributed by atoms with van der Waals surface area (Å²) < 4.78 is 51.6. The molecule has 1 saturated heterocycles. The molecule has 9 heteroatoms. The summed E-state index contributed by atoms with van der Waals surface area (Å²) in [5, 5.41) is 0. The highest BCUT2D eigenvalue weighted by molar-refractivity contribution is 5.54. The first-order valence-electron chi connectivity index (χ1n) is 9.13. The zero-order valence-corrected chi connectivity index (χ0v) is 15.7.